The van der Waals surface area contributed by atoms with E-state index in [-0.39, 0.29) is 5.41 Å². The van der Waals surface area contributed by atoms with Crippen LogP contribution in [-0.2, 0) is 5.41 Å². The molecule has 3 rings (SSSR count). The van der Waals surface area contributed by atoms with Crippen molar-refractivity contribution in [2.24, 2.45) is 0 Å². The second-order valence-electron chi connectivity index (χ2n) is 6.92. The lowest BCUT2D eigenvalue weighted by molar-refractivity contribution is 0.475. The molecular weight excluding hydrogens is 280 g/mol. The van der Waals surface area contributed by atoms with Crippen LogP contribution in [0.2, 0.25) is 0 Å². The number of phenolic OH excluding ortho intramolecular Hbond substituents is 1. The van der Waals surface area contributed by atoms with Crippen molar-refractivity contribution in [3.05, 3.63) is 78.4 Å². The summed E-state index contributed by atoms with van der Waals surface area (Å²) in [5.74, 6) is 0.297. The number of phenols is 1. The van der Waals surface area contributed by atoms with Gasteiger partial charge in [0, 0.05) is 0 Å². The van der Waals surface area contributed by atoms with E-state index in [0.717, 1.165) is 5.56 Å². The van der Waals surface area contributed by atoms with Gasteiger partial charge in [-0.15, -0.1) is 0 Å². The Kier molecular flexibility index (Phi) is 3.96. The van der Waals surface area contributed by atoms with E-state index in [9.17, 15) is 5.11 Å². The van der Waals surface area contributed by atoms with E-state index in [1.54, 1.807) is 12.1 Å². The highest BCUT2D eigenvalue weighted by Gasteiger charge is 2.19. The monoisotopic (exact) mass is 302 g/mol. The molecule has 0 unspecified atom stereocenters. The first kappa shape index (κ1) is 15.4. The summed E-state index contributed by atoms with van der Waals surface area (Å²) in [5.41, 5.74) is 6.20. The quantitative estimate of drug-likeness (QED) is 0.613. The topological polar surface area (TPSA) is 20.2 Å². The minimum Gasteiger partial charge on any atom is -0.508 e. The van der Waals surface area contributed by atoms with E-state index < -0.39 is 0 Å². The van der Waals surface area contributed by atoms with Crippen molar-refractivity contribution in [3.8, 4) is 28.0 Å². The Balaban J connectivity index is 2.15. The van der Waals surface area contributed by atoms with Crippen LogP contribution in [0.3, 0.4) is 0 Å². The molecule has 116 valence electrons. The van der Waals surface area contributed by atoms with Gasteiger partial charge in [-0.2, -0.15) is 0 Å². The zero-order valence-electron chi connectivity index (χ0n) is 13.9. The van der Waals surface area contributed by atoms with Crippen LogP contribution in [-0.4, -0.2) is 5.11 Å². The molecule has 0 heterocycles. The number of benzene rings is 3. The molecule has 0 saturated heterocycles. The molecule has 0 spiro atoms. The van der Waals surface area contributed by atoms with Crippen LogP contribution in [0.25, 0.3) is 22.3 Å². The van der Waals surface area contributed by atoms with Gasteiger partial charge in [-0.1, -0.05) is 81.4 Å². The Morgan fingerprint density at radius 3 is 1.87 bits per heavy atom. The lowest BCUT2D eigenvalue weighted by Crippen LogP contribution is -2.13. The summed E-state index contributed by atoms with van der Waals surface area (Å²) >= 11 is 0. The van der Waals surface area contributed by atoms with Crippen LogP contribution in [0.15, 0.2) is 72.8 Å². The summed E-state index contributed by atoms with van der Waals surface area (Å²) in [4.78, 5) is 0. The average molecular weight is 302 g/mol. The lowest BCUT2D eigenvalue weighted by atomic mass is 9.80. The molecule has 0 atom stereocenters. The fourth-order valence-corrected chi connectivity index (χ4v) is 2.87. The Morgan fingerprint density at radius 1 is 0.652 bits per heavy atom. The lowest BCUT2D eigenvalue weighted by Gasteiger charge is -2.24. The molecule has 0 aliphatic rings. The van der Waals surface area contributed by atoms with Crippen molar-refractivity contribution >= 4 is 0 Å². The summed E-state index contributed by atoms with van der Waals surface area (Å²) in [5, 5.41) is 9.48. The highest BCUT2D eigenvalue weighted by molar-refractivity contribution is 5.75. The summed E-state index contributed by atoms with van der Waals surface area (Å²) in [7, 11) is 0. The van der Waals surface area contributed by atoms with Gasteiger partial charge >= 0.3 is 0 Å². The van der Waals surface area contributed by atoms with Gasteiger partial charge < -0.3 is 5.11 Å². The Labute approximate surface area is 138 Å². The van der Waals surface area contributed by atoms with E-state index in [4.69, 9.17) is 0 Å². The van der Waals surface area contributed by atoms with Gasteiger partial charge in [-0.05, 0) is 45.4 Å². The van der Waals surface area contributed by atoms with E-state index in [2.05, 4.69) is 63.2 Å². The molecule has 0 amide bonds. The summed E-state index contributed by atoms with van der Waals surface area (Å²) < 4.78 is 0. The van der Waals surface area contributed by atoms with Gasteiger partial charge in [-0.3, -0.25) is 0 Å². The summed E-state index contributed by atoms with van der Waals surface area (Å²) in [6.45, 7) is 6.74. The highest BCUT2D eigenvalue weighted by Crippen LogP contribution is 2.36. The highest BCUT2D eigenvalue weighted by atomic mass is 16.3. The van der Waals surface area contributed by atoms with Crippen LogP contribution in [0.5, 0.6) is 5.75 Å². The zero-order valence-corrected chi connectivity index (χ0v) is 13.9. The van der Waals surface area contributed by atoms with Crippen molar-refractivity contribution < 1.29 is 5.11 Å². The first-order valence-corrected chi connectivity index (χ1v) is 7.94. The maximum Gasteiger partial charge on any atom is 0.115 e. The van der Waals surface area contributed by atoms with Crippen molar-refractivity contribution in [2.75, 3.05) is 0 Å². The second-order valence-corrected chi connectivity index (χ2v) is 6.92. The van der Waals surface area contributed by atoms with Crippen LogP contribution < -0.4 is 0 Å². The van der Waals surface area contributed by atoms with Crippen molar-refractivity contribution in [1.29, 1.82) is 0 Å². The van der Waals surface area contributed by atoms with Gasteiger partial charge in [0.25, 0.3) is 0 Å². The van der Waals surface area contributed by atoms with Crippen LogP contribution in [0.1, 0.15) is 26.3 Å². The zero-order chi connectivity index (χ0) is 16.4. The predicted octanol–water partition coefficient (Wildman–Crippen LogP) is 6.02. The summed E-state index contributed by atoms with van der Waals surface area (Å²) in [6.07, 6.45) is 0. The first-order chi connectivity index (χ1) is 10.9. The minimum absolute atomic E-state index is 0.0537. The fraction of sp³-hybridized carbons (Fsp3) is 0.182. The molecular formula is C22H22O. The number of hydrogen-bond acceptors (Lipinski definition) is 1. The molecule has 1 heteroatoms. The molecule has 0 aliphatic carbocycles. The Hall–Kier alpha value is -2.54. The van der Waals surface area contributed by atoms with Crippen molar-refractivity contribution in [1.82, 2.24) is 0 Å². The third-order valence-electron chi connectivity index (χ3n) is 4.11. The van der Waals surface area contributed by atoms with Gasteiger partial charge in [0.15, 0.2) is 0 Å². The van der Waals surface area contributed by atoms with Crippen LogP contribution in [0, 0.1) is 0 Å². The van der Waals surface area contributed by atoms with Gasteiger partial charge in [-0.25, -0.2) is 0 Å². The molecule has 0 aliphatic heterocycles. The Morgan fingerprint density at radius 2 is 1.26 bits per heavy atom. The van der Waals surface area contributed by atoms with Gasteiger partial charge in [0.05, 0.1) is 0 Å². The molecule has 23 heavy (non-hydrogen) atoms. The average Bonchev–Trinajstić information content (AvgIpc) is 2.55. The molecule has 0 radical (unpaired) electrons. The molecule has 3 aromatic rings. The normalized spacial score (nSPS) is 11.4. The first-order valence-electron chi connectivity index (χ1n) is 7.94. The molecule has 1 N–H and O–H groups in total. The van der Waals surface area contributed by atoms with E-state index in [1.165, 1.54) is 22.3 Å². The fourth-order valence-electron chi connectivity index (χ4n) is 2.87. The Bertz CT molecular complexity index is 794. The van der Waals surface area contributed by atoms with Gasteiger partial charge in [0.1, 0.15) is 5.75 Å². The van der Waals surface area contributed by atoms with Crippen molar-refractivity contribution in [3.63, 3.8) is 0 Å². The minimum atomic E-state index is 0.0537. The maximum absolute atomic E-state index is 9.48. The molecule has 0 saturated carbocycles. The van der Waals surface area contributed by atoms with E-state index in [0.29, 0.717) is 5.75 Å². The van der Waals surface area contributed by atoms with Gasteiger partial charge in [0.2, 0.25) is 0 Å². The smallest absolute Gasteiger partial charge is 0.115 e. The molecule has 0 bridgehead atoms. The number of hydrogen-bond donors (Lipinski definition) is 1. The van der Waals surface area contributed by atoms with E-state index >= 15 is 0 Å². The van der Waals surface area contributed by atoms with Crippen LogP contribution >= 0.6 is 0 Å². The molecule has 0 fully saturated rings. The van der Waals surface area contributed by atoms with Crippen LogP contribution in [0.4, 0.5) is 0 Å². The number of aromatic hydroxyl groups is 1. The molecule has 3 aromatic carbocycles. The predicted molar refractivity (Wildman–Crippen MR) is 97.7 cm³/mol. The molecule has 0 aromatic heterocycles. The second kappa shape index (κ2) is 5.92. The standard InChI is InChI=1S/C22H22O/c1-22(2,3)21-15-18(16-9-12-19(23)13-10-16)11-14-20(21)17-7-5-4-6-8-17/h4-15,23H,1-3H3. The third-order valence-corrected chi connectivity index (χ3v) is 4.11. The largest absolute Gasteiger partial charge is 0.508 e. The van der Waals surface area contributed by atoms with Crippen molar-refractivity contribution in [2.45, 2.75) is 26.2 Å². The third kappa shape index (κ3) is 3.29. The van der Waals surface area contributed by atoms with E-state index in [1.807, 2.05) is 18.2 Å². The maximum atomic E-state index is 9.48. The number of rotatable bonds is 2. The summed E-state index contributed by atoms with van der Waals surface area (Å²) in [6, 6.07) is 24.5. The molecule has 1 nitrogen and oxygen atoms in total. The SMILES string of the molecule is CC(C)(C)c1cc(-c2ccc(O)cc2)ccc1-c1ccccc1.